The molecule has 3 atom stereocenters. The van der Waals surface area contributed by atoms with Gasteiger partial charge in [0.1, 0.15) is 5.82 Å². The number of carbonyl (C=O) groups excluding carboxylic acids is 1. The molecule has 100 valence electrons. The first-order valence-electron chi connectivity index (χ1n) is 6.05. The Morgan fingerprint density at radius 2 is 2.11 bits per heavy atom. The van der Waals surface area contributed by atoms with Gasteiger partial charge in [0.05, 0.1) is 13.0 Å². The minimum absolute atomic E-state index is 0.246. The van der Waals surface area contributed by atoms with Gasteiger partial charge in [-0.15, -0.1) is 0 Å². The molecular formula is C13H14FN3O2. The van der Waals surface area contributed by atoms with Crippen LogP contribution in [0.25, 0.3) is 10.4 Å². The van der Waals surface area contributed by atoms with Gasteiger partial charge in [-0.2, -0.15) is 0 Å². The Morgan fingerprint density at radius 1 is 1.42 bits per heavy atom. The predicted molar refractivity (Wildman–Crippen MR) is 66.8 cm³/mol. The second-order valence-electron chi connectivity index (χ2n) is 4.56. The lowest BCUT2D eigenvalue weighted by molar-refractivity contribution is -0.145. The van der Waals surface area contributed by atoms with Crippen LogP contribution in [0.5, 0.6) is 0 Å². The molecule has 0 unspecified atom stereocenters. The summed E-state index contributed by atoms with van der Waals surface area (Å²) in [4.78, 5) is 14.6. The van der Waals surface area contributed by atoms with E-state index in [9.17, 15) is 9.18 Å². The van der Waals surface area contributed by atoms with Crippen LogP contribution >= 0.6 is 0 Å². The van der Waals surface area contributed by atoms with E-state index >= 15 is 0 Å². The van der Waals surface area contributed by atoms with E-state index in [1.165, 1.54) is 19.2 Å². The van der Waals surface area contributed by atoms with Crippen molar-refractivity contribution in [3.8, 4) is 0 Å². The molecule has 1 saturated carbocycles. The molecule has 0 radical (unpaired) electrons. The number of benzene rings is 1. The molecule has 1 aliphatic rings. The summed E-state index contributed by atoms with van der Waals surface area (Å²) in [5.74, 6) is -1.24. The van der Waals surface area contributed by atoms with Crippen LogP contribution in [0, 0.1) is 11.7 Å². The van der Waals surface area contributed by atoms with E-state index in [1.54, 1.807) is 12.1 Å². The van der Waals surface area contributed by atoms with Crippen LogP contribution in [0.15, 0.2) is 29.4 Å². The number of rotatable bonds is 3. The molecule has 0 amide bonds. The molecule has 1 aromatic rings. The Bertz CT molecular complexity index is 511. The third-order valence-electron chi connectivity index (χ3n) is 3.58. The van der Waals surface area contributed by atoms with E-state index in [0.29, 0.717) is 12.8 Å². The van der Waals surface area contributed by atoms with Gasteiger partial charge in [-0.3, -0.25) is 4.79 Å². The number of hydrogen-bond acceptors (Lipinski definition) is 3. The van der Waals surface area contributed by atoms with E-state index in [0.717, 1.165) is 5.56 Å². The van der Waals surface area contributed by atoms with Crippen molar-refractivity contribution in [2.45, 2.75) is 24.8 Å². The zero-order valence-corrected chi connectivity index (χ0v) is 10.5. The average Bonchev–Trinajstić information content (AvgIpc) is 2.83. The number of carbonyl (C=O) groups is 1. The molecule has 0 spiro atoms. The molecular weight excluding hydrogens is 249 g/mol. The highest BCUT2D eigenvalue weighted by Crippen LogP contribution is 2.42. The topological polar surface area (TPSA) is 75.1 Å². The molecule has 2 rings (SSSR count). The normalized spacial score (nSPS) is 25.7. The van der Waals surface area contributed by atoms with E-state index in [2.05, 4.69) is 10.0 Å². The molecule has 19 heavy (non-hydrogen) atoms. The summed E-state index contributed by atoms with van der Waals surface area (Å²) in [6.45, 7) is 0. The Morgan fingerprint density at radius 3 is 2.68 bits per heavy atom. The fraction of sp³-hybridized carbons (Fsp3) is 0.462. The Balaban J connectivity index is 2.35. The lowest BCUT2D eigenvalue weighted by Crippen LogP contribution is -2.23. The van der Waals surface area contributed by atoms with Gasteiger partial charge in [0.2, 0.25) is 0 Å². The van der Waals surface area contributed by atoms with Gasteiger partial charge in [0.25, 0.3) is 0 Å². The number of esters is 1. The monoisotopic (exact) mass is 263 g/mol. The zero-order valence-electron chi connectivity index (χ0n) is 10.5. The lowest BCUT2D eigenvalue weighted by atomic mass is 9.87. The van der Waals surface area contributed by atoms with Crippen molar-refractivity contribution in [2.24, 2.45) is 11.0 Å². The molecule has 6 heteroatoms. The summed E-state index contributed by atoms with van der Waals surface area (Å²) >= 11 is 0. The third-order valence-corrected chi connectivity index (χ3v) is 3.58. The van der Waals surface area contributed by atoms with E-state index in [-0.39, 0.29) is 29.7 Å². The fourth-order valence-corrected chi connectivity index (χ4v) is 2.73. The number of halogens is 1. The maximum absolute atomic E-state index is 13.0. The van der Waals surface area contributed by atoms with Crippen LogP contribution in [0.4, 0.5) is 4.39 Å². The minimum Gasteiger partial charge on any atom is -0.469 e. The van der Waals surface area contributed by atoms with Crippen molar-refractivity contribution >= 4 is 5.97 Å². The van der Waals surface area contributed by atoms with Crippen molar-refractivity contribution in [3.05, 3.63) is 46.1 Å². The molecule has 1 aliphatic carbocycles. The van der Waals surface area contributed by atoms with Crippen LogP contribution in [0.2, 0.25) is 0 Å². The Kier molecular flexibility index (Phi) is 4.02. The molecule has 0 bridgehead atoms. The maximum atomic E-state index is 13.0. The number of nitrogens with zero attached hydrogens (tertiary/aromatic N) is 3. The van der Waals surface area contributed by atoms with E-state index in [1.807, 2.05) is 0 Å². The average molecular weight is 263 g/mol. The summed E-state index contributed by atoms with van der Waals surface area (Å²) in [7, 11) is 1.34. The summed E-state index contributed by atoms with van der Waals surface area (Å²) in [5, 5.41) is 3.75. The maximum Gasteiger partial charge on any atom is 0.309 e. The highest BCUT2D eigenvalue weighted by molar-refractivity contribution is 5.74. The van der Waals surface area contributed by atoms with Gasteiger partial charge in [0, 0.05) is 16.9 Å². The van der Waals surface area contributed by atoms with E-state index in [4.69, 9.17) is 10.3 Å². The van der Waals surface area contributed by atoms with Gasteiger partial charge in [0.15, 0.2) is 0 Å². The molecule has 0 heterocycles. The first-order valence-corrected chi connectivity index (χ1v) is 6.05. The summed E-state index contributed by atoms with van der Waals surface area (Å²) in [6, 6.07) is 5.65. The van der Waals surface area contributed by atoms with E-state index < -0.39 is 0 Å². The van der Waals surface area contributed by atoms with Crippen molar-refractivity contribution in [1.29, 1.82) is 0 Å². The highest BCUT2D eigenvalue weighted by atomic mass is 19.1. The number of azide groups is 1. The number of methoxy groups -OCH3 is 1. The minimum atomic E-state index is -0.342. The summed E-state index contributed by atoms with van der Waals surface area (Å²) < 4.78 is 17.8. The van der Waals surface area contributed by atoms with Crippen LogP contribution in [0.1, 0.15) is 24.3 Å². The first-order chi connectivity index (χ1) is 9.17. The van der Waals surface area contributed by atoms with Crippen LogP contribution in [0.3, 0.4) is 0 Å². The number of hydrogen-bond donors (Lipinski definition) is 0. The standard InChI is InChI=1S/C13H14FN3O2/c1-19-13(18)10-6-7-11(16-17-15)12(10)8-2-4-9(14)5-3-8/h2-5,10-12H,6-7H2,1H3/t10-,11+,12+/m1/s1. The summed E-state index contributed by atoms with van der Waals surface area (Å²) in [5.41, 5.74) is 9.40. The van der Waals surface area contributed by atoms with Crippen molar-refractivity contribution < 1.29 is 13.9 Å². The fourth-order valence-electron chi connectivity index (χ4n) is 2.73. The van der Waals surface area contributed by atoms with Crippen molar-refractivity contribution in [2.75, 3.05) is 7.11 Å². The smallest absolute Gasteiger partial charge is 0.309 e. The van der Waals surface area contributed by atoms with Gasteiger partial charge in [-0.05, 0) is 36.1 Å². The predicted octanol–water partition coefficient (Wildman–Crippen LogP) is 3.17. The van der Waals surface area contributed by atoms with Gasteiger partial charge in [-0.1, -0.05) is 17.2 Å². The second-order valence-corrected chi connectivity index (χ2v) is 4.56. The van der Waals surface area contributed by atoms with Gasteiger partial charge >= 0.3 is 5.97 Å². The molecule has 1 fully saturated rings. The number of ether oxygens (including phenoxy) is 1. The molecule has 5 nitrogen and oxygen atoms in total. The van der Waals surface area contributed by atoms with Crippen molar-refractivity contribution in [1.82, 2.24) is 0 Å². The Labute approximate surface area is 110 Å². The molecule has 1 aromatic carbocycles. The zero-order chi connectivity index (χ0) is 13.8. The largest absolute Gasteiger partial charge is 0.469 e. The third kappa shape index (κ3) is 2.69. The van der Waals surface area contributed by atoms with Crippen LogP contribution < -0.4 is 0 Å². The van der Waals surface area contributed by atoms with Crippen LogP contribution in [-0.4, -0.2) is 19.1 Å². The quantitative estimate of drug-likeness (QED) is 0.363. The Hall–Kier alpha value is -2.07. The van der Waals surface area contributed by atoms with Gasteiger partial charge < -0.3 is 4.74 Å². The lowest BCUT2D eigenvalue weighted by Gasteiger charge is -2.21. The molecule has 0 aromatic heterocycles. The highest BCUT2D eigenvalue weighted by Gasteiger charge is 2.41. The summed E-state index contributed by atoms with van der Waals surface area (Å²) in [6.07, 6.45) is 1.24. The first kappa shape index (κ1) is 13.4. The molecule has 0 N–H and O–H groups in total. The van der Waals surface area contributed by atoms with Crippen LogP contribution in [-0.2, 0) is 9.53 Å². The van der Waals surface area contributed by atoms with Crippen molar-refractivity contribution in [3.63, 3.8) is 0 Å². The molecule has 0 aliphatic heterocycles. The second kappa shape index (κ2) is 5.71. The SMILES string of the molecule is COC(=O)[C@@H]1CC[C@H](N=[N+]=[N-])[C@H]1c1ccc(F)cc1. The molecule has 0 saturated heterocycles. The van der Waals surface area contributed by atoms with Gasteiger partial charge in [-0.25, -0.2) is 4.39 Å².